The van der Waals surface area contributed by atoms with Crippen molar-refractivity contribution in [1.29, 1.82) is 0 Å². The van der Waals surface area contributed by atoms with Gasteiger partial charge in [-0.1, -0.05) is 133 Å². The maximum Gasteiger partial charge on any atom is 0.321 e. The molecule has 216 valence electrons. The zero-order valence-corrected chi connectivity index (χ0v) is 25.8. The van der Waals surface area contributed by atoms with E-state index in [1.807, 2.05) is 0 Å². The highest BCUT2D eigenvalue weighted by Gasteiger charge is 2.38. The van der Waals surface area contributed by atoms with Gasteiger partial charge in [0.2, 0.25) is 5.28 Å². The van der Waals surface area contributed by atoms with Crippen molar-refractivity contribution in [2.45, 2.75) is 84.0 Å². The molecular weight excluding hydrogens is 538 g/mol. The number of aromatic nitrogens is 3. The van der Waals surface area contributed by atoms with E-state index in [0.717, 1.165) is 23.8 Å². The van der Waals surface area contributed by atoms with Crippen LogP contribution in [0.25, 0.3) is 44.1 Å². The van der Waals surface area contributed by atoms with Gasteiger partial charge in [-0.25, -0.2) is 0 Å². The molecule has 5 aromatic rings. The van der Waals surface area contributed by atoms with Crippen molar-refractivity contribution < 1.29 is 4.74 Å². The molecule has 0 spiro atoms. The SMILES string of the molecule is CCCCCCCCCCCOc1nc(Cl)nc(-c2cc3c(c4ccccc24)-c2c(ccc4ccccc24)C3(C)C)n1. The molecule has 1 aliphatic rings. The van der Waals surface area contributed by atoms with E-state index in [4.69, 9.17) is 21.3 Å². The predicted octanol–water partition coefficient (Wildman–Crippen LogP) is 10.7. The van der Waals surface area contributed by atoms with E-state index < -0.39 is 0 Å². The standard InChI is InChI=1S/C37H40ClN3O/c1-4-5-6-7-8-9-10-11-16-23-42-36-40-34(39-35(38)41-36)29-24-31-33(28-20-15-14-19-27(28)29)32-26-18-13-12-17-25(26)21-22-30(32)37(31,2)3/h12-15,17-22,24H,4-11,16,23H2,1-3H3. The van der Waals surface area contributed by atoms with Crippen molar-refractivity contribution in [3.05, 3.63) is 83.1 Å². The third-order valence-corrected chi connectivity index (χ3v) is 9.05. The van der Waals surface area contributed by atoms with Gasteiger partial charge in [0.15, 0.2) is 5.82 Å². The smallest absolute Gasteiger partial charge is 0.321 e. The van der Waals surface area contributed by atoms with E-state index >= 15 is 0 Å². The summed E-state index contributed by atoms with van der Waals surface area (Å²) in [5, 5.41) is 4.99. The summed E-state index contributed by atoms with van der Waals surface area (Å²) < 4.78 is 6.01. The van der Waals surface area contributed by atoms with Crippen LogP contribution < -0.4 is 4.74 Å². The monoisotopic (exact) mass is 577 g/mol. The number of benzene rings is 4. The Morgan fingerprint density at radius 1 is 0.667 bits per heavy atom. The molecule has 0 unspecified atom stereocenters. The summed E-state index contributed by atoms with van der Waals surface area (Å²) >= 11 is 6.45. The van der Waals surface area contributed by atoms with Crippen LogP contribution in [0.5, 0.6) is 6.01 Å². The Labute approximate surface area is 254 Å². The average Bonchev–Trinajstić information content (AvgIpc) is 3.24. The zero-order valence-electron chi connectivity index (χ0n) is 25.0. The van der Waals surface area contributed by atoms with Gasteiger partial charge < -0.3 is 4.74 Å². The van der Waals surface area contributed by atoms with Crippen molar-refractivity contribution in [3.63, 3.8) is 0 Å². The molecule has 0 N–H and O–H groups in total. The van der Waals surface area contributed by atoms with Crippen molar-refractivity contribution in [3.8, 4) is 28.5 Å². The number of nitrogens with zero attached hydrogens (tertiary/aromatic N) is 3. The van der Waals surface area contributed by atoms with Gasteiger partial charge in [-0.2, -0.15) is 15.0 Å². The van der Waals surface area contributed by atoms with E-state index in [-0.39, 0.29) is 10.7 Å². The summed E-state index contributed by atoms with van der Waals surface area (Å²) in [4.78, 5) is 13.7. The van der Waals surface area contributed by atoms with E-state index in [0.29, 0.717) is 18.4 Å². The third kappa shape index (κ3) is 5.49. The van der Waals surface area contributed by atoms with Crippen LogP contribution in [0.1, 0.15) is 89.7 Å². The summed E-state index contributed by atoms with van der Waals surface area (Å²) in [6.07, 6.45) is 11.4. The van der Waals surface area contributed by atoms with Crippen molar-refractivity contribution >= 4 is 33.1 Å². The topological polar surface area (TPSA) is 47.9 Å². The van der Waals surface area contributed by atoms with Crippen LogP contribution in [0, 0.1) is 0 Å². The Hall–Kier alpha value is -3.50. The molecule has 5 heteroatoms. The first-order chi connectivity index (χ1) is 20.5. The van der Waals surface area contributed by atoms with Crippen molar-refractivity contribution in [1.82, 2.24) is 15.0 Å². The number of fused-ring (bicyclic) bond motifs is 7. The minimum Gasteiger partial charge on any atom is -0.463 e. The summed E-state index contributed by atoms with van der Waals surface area (Å²) in [6.45, 7) is 7.46. The van der Waals surface area contributed by atoms with Crippen LogP contribution in [0.15, 0.2) is 66.7 Å². The van der Waals surface area contributed by atoms with Gasteiger partial charge in [0.1, 0.15) is 0 Å². The lowest BCUT2D eigenvalue weighted by atomic mass is 9.81. The Morgan fingerprint density at radius 3 is 2.07 bits per heavy atom. The molecule has 6 rings (SSSR count). The molecule has 0 saturated carbocycles. The maximum atomic E-state index is 6.45. The third-order valence-electron chi connectivity index (χ3n) is 8.88. The molecule has 1 heterocycles. The van der Waals surface area contributed by atoms with Crippen molar-refractivity contribution in [2.75, 3.05) is 6.61 Å². The number of halogens is 1. The second-order valence-corrected chi connectivity index (χ2v) is 12.5. The van der Waals surface area contributed by atoms with E-state index in [2.05, 4.69) is 97.5 Å². The van der Waals surface area contributed by atoms with Gasteiger partial charge >= 0.3 is 6.01 Å². The van der Waals surface area contributed by atoms with Crippen LogP contribution in [0.3, 0.4) is 0 Å². The first-order valence-electron chi connectivity index (χ1n) is 15.6. The predicted molar refractivity (Wildman–Crippen MR) is 176 cm³/mol. The van der Waals surface area contributed by atoms with Gasteiger partial charge in [0.25, 0.3) is 0 Å². The van der Waals surface area contributed by atoms with E-state index in [9.17, 15) is 0 Å². The van der Waals surface area contributed by atoms with Crippen molar-refractivity contribution in [2.24, 2.45) is 0 Å². The molecule has 0 aliphatic heterocycles. The largest absolute Gasteiger partial charge is 0.463 e. The molecule has 4 nitrogen and oxygen atoms in total. The van der Waals surface area contributed by atoms with Gasteiger partial charge in [0, 0.05) is 11.0 Å². The average molecular weight is 578 g/mol. The summed E-state index contributed by atoms with van der Waals surface area (Å²) in [7, 11) is 0. The minimum absolute atomic E-state index is 0.153. The van der Waals surface area contributed by atoms with Crippen LogP contribution in [0.2, 0.25) is 5.28 Å². The first-order valence-corrected chi connectivity index (χ1v) is 16.0. The Kier molecular flexibility index (Phi) is 8.44. The highest BCUT2D eigenvalue weighted by Crippen LogP contribution is 2.55. The molecule has 4 aromatic carbocycles. The summed E-state index contributed by atoms with van der Waals surface area (Å²) in [6, 6.07) is 24.3. The number of ether oxygens (including phenoxy) is 1. The maximum absolute atomic E-state index is 6.45. The molecule has 1 aromatic heterocycles. The molecule has 0 saturated heterocycles. The Morgan fingerprint density at radius 2 is 1.31 bits per heavy atom. The Balaban J connectivity index is 1.29. The molecule has 42 heavy (non-hydrogen) atoms. The van der Waals surface area contributed by atoms with E-state index in [1.54, 1.807) is 0 Å². The highest BCUT2D eigenvalue weighted by atomic mass is 35.5. The van der Waals surface area contributed by atoms with Crippen LogP contribution in [-0.4, -0.2) is 21.6 Å². The number of hydrogen-bond donors (Lipinski definition) is 0. The molecule has 0 atom stereocenters. The number of unbranched alkanes of at least 4 members (excludes halogenated alkanes) is 8. The lowest BCUT2D eigenvalue weighted by Gasteiger charge is -2.22. The lowest BCUT2D eigenvalue weighted by Crippen LogP contribution is -2.15. The minimum atomic E-state index is -0.181. The second-order valence-electron chi connectivity index (χ2n) is 12.1. The zero-order chi connectivity index (χ0) is 29.1. The fourth-order valence-corrected chi connectivity index (χ4v) is 6.77. The molecule has 0 bridgehead atoms. The first kappa shape index (κ1) is 28.6. The van der Waals surface area contributed by atoms with Gasteiger partial charge in [-0.15, -0.1) is 0 Å². The normalized spacial score (nSPS) is 13.4. The second kappa shape index (κ2) is 12.4. The quantitative estimate of drug-likeness (QED) is 0.138. The Bertz CT molecular complexity index is 1730. The molecular formula is C37H40ClN3O. The molecule has 0 radical (unpaired) electrons. The molecule has 0 amide bonds. The molecule has 1 aliphatic carbocycles. The molecule has 0 fully saturated rings. The van der Waals surface area contributed by atoms with Gasteiger partial charge in [-0.3, -0.25) is 0 Å². The van der Waals surface area contributed by atoms with Gasteiger partial charge in [-0.05, 0) is 67.9 Å². The van der Waals surface area contributed by atoms with Crippen LogP contribution in [0.4, 0.5) is 0 Å². The number of rotatable bonds is 12. The highest BCUT2D eigenvalue weighted by molar-refractivity contribution is 6.28. The van der Waals surface area contributed by atoms with E-state index in [1.165, 1.54) is 83.4 Å². The lowest BCUT2D eigenvalue weighted by molar-refractivity contribution is 0.280. The van der Waals surface area contributed by atoms with Crippen LogP contribution in [-0.2, 0) is 5.41 Å². The summed E-state index contributed by atoms with van der Waals surface area (Å²) in [5.41, 5.74) is 6.02. The van der Waals surface area contributed by atoms with Crippen LogP contribution >= 0.6 is 11.6 Å². The van der Waals surface area contributed by atoms with Gasteiger partial charge in [0.05, 0.1) is 6.61 Å². The number of hydrogen-bond acceptors (Lipinski definition) is 4. The fourth-order valence-electron chi connectivity index (χ4n) is 6.62. The summed E-state index contributed by atoms with van der Waals surface area (Å²) in [5.74, 6) is 0.549. The fraction of sp³-hybridized carbons (Fsp3) is 0.378.